The zero-order chi connectivity index (χ0) is 12.5. The number of alkyl halides is 1. The Morgan fingerprint density at radius 3 is 2.31 bits per heavy atom. The molecule has 0 aromatic carbocycles. The van der Waals surface area contributed by atoms with Crippen molar-refractivity contribution in [2.75, 3.05) is 6.61 Å². The van der Waals surface area contributed by atoms with Gasteiger partial charge in [0.15, 0.2) is 6.17 Å². The van der Waals surface area contributed by atoms with Crippen molar-refractivity contribution in [1.29, 1.82) is 0 Å². The fraction of sp³-hybridized carbons (Fsp3) is 1.00. The van der Waals surface area contributed by atoms with E-state index in [1.54, 1.807) is 0 Å². The third kappa shape index (κ3) is 3.19. The van der Waals surface area contributed by atoms with Gasteiger partial charge in [0.1, 0.15) is 18.3 Å². The maximum atomic E-state index is 13.2. The van der Waals surface area contributed by atoms with Gasteiger partial charge in [-0.3, -0.25) is 4.52 Å². The summed E-state index contributed by atoms with van der Waals surface area (Å²) in [6.45, 7) is -0.758. The van der Waals surface area contributed by atoms with Gasteiger partial charge in [0.2, 0.25) is 6.29 Å². The van der Waals surface area contributed by atoms with Crippen LogP contribution in [0.2, 0.25) is 0 Å². The monoisotopic (exact) mass is 262 g/mol. The molecule has 1 aliphatic rings. The van der Waals surface area contributed by atoms with Crippen LogP contribution in [0.25, 0.3) is 0 Å². The summed E-state index contributed by atoms with van der Waals surface area (Å²) in [4.78, 5) is 16.9. The number of phosphoric ester groups is 1. The van der Waals surface area contributed by atoms with Gasteiger partial charge in [0.25, 0.3) is 0 Å². The normalized spacial score (nSPS) is 41.0. The highest BCUT2D eigenvalue weighted by Crippen LogP contribution is 2.41. The molecule has 96 valence electrons. The summed E-state index contributed by atoms with van der Waals surface area (Å²) in [7, 11) is -4.99. The van der Waals surface area contributed by atoms with Gasteiger partial charge in [0.05, 0.1) is 6.61 Å². The highest BCUT2D eigenvalue weighted by Gasteiger charge is 2.47. The molecule has 1 saturated heterocycles. The topological polar surface area (TPSA) is 137 Å². The number of phosphoric acid groups is 1. The Bertz CT molecular complexity index is 280. The highest BCUT2D eigenvalue weighted by atomic mass is 31.2. The SMILES string of the molecule is O=P(O)(O)O[C@@H]1O[C@H](CO)[C@@H](O)[C@H](O)[C@@H]1F. The number of aliphatic hydroxyl groups is 3. The first-order valence-electron chi connectivity index (χ1n) is 4.26. The first-order chi connectivity index (χ1) is 7.26. The van der Waals surface area contributed by atoms with Crippen molar-refractivity contribution in [3.8, 4) is 0 Å². The maximum Gasteiger partial charge on any atom is 0.472 e. The molecule has 0 unspecified atom stereocenters. The van der Waals surface area contributed by atoms with Gasteiger partial charge in [0, 0.05) is 0 Å². The van der Waals surface area contributed by atoms with Crippen LogP contribution < -0.4 is 0 Å². The Kier molecular flexibility index (Phi) is 4.38. The number of hydrogen-bond acceptors (Lipinski definition) is 6. The molecule has 0 radical (unpaired) electrons. The molecule has 1 heterocycles. The quantitative estimate of drug-likeness (QED) is 0.364. The number of halogens is 1. The third-order valence-electron chi connectivity index (χ3n) is 2.05. The molecule has 0 aromatic rings. The van der Waals surface area contributed by atoms with E-state index in [1.807, 2.05) is 0 Å². The predicted octanol–water partition coefficient (Wildman–Crippen LogP) is -2.13. The molecule has 0 amide bonds. The van der Waals surface area contributed by atoms with Crippen molar-refractivity contribution >= 4 is 7.82 Å². The molecule has 8 nitrogen and oxygen atoms in total. The van der Waals surface area contributed by atoms with Crippen LogP contribution in [0.3, 0.4) is 0 Å². The molecule has 5 atom stereocenters. The molecule has 1 aliphatic heterocycles. The Balaban J connectivity index is 2.75. The molecule has 0 saturated carbocycles. The van der Waals surface area contributed by atoms with E-state index in [2.05, 4.69) is 9.26 Å². The zero-order valence-electron chi connectivity index (χ0n) is 7.88. The van der Waals surface area contributed by atoms with Crippen molar-refractivity contribution in [2.24, 2.45) is 0 Å². The van der Waals surface area contributed by atoms with E-state index in [0.29, 0.717) is 0 Å². The molecule has 0 aromatic heterocycles. The van der Waals surface area contributed by atoms with Crippen LogP contribution in [0.1, 0.15) is 0 Å². The summed E-state index contributed by atoms with van der Waals surface area (Å²) < 4.78 is 32.2. The van der Waals surface area contributed by atoms with Crippen LogP contribution in [0, 0.1) is 0 Å². The Hall–Kier alpha value is -0.120. The van der Waals surface area contributed by atoms with Gasteiger partial charge in [-0.05, 0) is 0 Å². The van der Waals surface area contributed by atoms with E-state index in [1.165, 1.54) is 0 Å². The Morgan fingerprint density at radius 2 is 1.88 bits per heavy atom. The fourth-order valence-corrected chi connectivity index (χ4v) is 1.70. The minimum atomic E-state index is -4.99. The van der Waals surface area contributed by atoms with Gasteiger partial charge < -0.3 is 29.8 Å². The summed E-state index contributed by atoms with van der Waals surface area (Å²) in [6.07, 6.45) is -9.40. The minimum Gasteiger partial charge on any atom is -0.394 e. The van der Waals surface area contributed by atoms with Crippen molar-refractivity contribution in [3.63, 3.8) is 0 Å². The first-order valence-corrected chi connectivity index (χ1v) is 5.79. The van der Waals surface area contributed by atoms with Crippen molar-refractivity contribution in [2.45, 2.75) is 30.8 Å². The van der Waals surface area contributed by atoms with Crippen LogP contribution in [0.5, 0.6) is 0 Å². The molecular weight excluding hydrogens is 250 g/mol. The van der Waals surface area contributed by atoms with Crippen molar-refractivity contribution in [1.82, 2.24) is 0 Å². The first kappa shape index (κ1) is 13.9. The van der Waals surface area contributed by atoms with Crippen LogP contribution in [0.15, 0.2) is 0 Å². The van der Waals surface area contributed by atoms with E-state index in [4.69, 9.17) is 20.0 Å². The standard InChI is InChI=1S/C6H12FO8P/c7-3-5(10)4(9)2(1-8)14-6(3)15-16(11,12)13/h2-6,8-10H,1H2,(H2,11,12,13)/t2-,3+,4-,5-,6+/m1/s1. The van der Waals surface area contributed by atoms with Crippen LogP contribution in [-0.4, -0.2) is 62.5 Å². The Morgan fingerprint density at radius 1 is 1.31 bits per heavy atom. The smallest absolute Gasteiger partial charge is 0.394 e. The van der Waals surface area contributed by atoms with E-state index in [0.717, 1.165) is 0 Å². The van der Waals surface area contributed by atoms with E-state index in [-0.39, 0.29) is 0 Å². The van der Waals surface area contributed by atoms with Crippen LogP contribution >= 0.6 is 7.82 Å². The van der Waals surface area contributed by atoms with Gasteiger partial charge in [-0.25, -0.2) is 8.96 Å². The average molecular weight is 262 g/mol. The average Bonchev–Trinajstić information content (AvgIpc) is 2.17. The molecule has 10 heteroatoms. The summed E-state index contributed by atoms with van der Waals surface area (Å²) in [5.41, 5.74) is 0. The minimum absolute atomic E-state index is 0.758. The summed E-state index contributed by atoms with van der Waals surface area (Å²) in [5, 5.41) is 27.1. The van der Waals surface area contributed by atoms with Gasteiger partial charge in [-0.2, -0.15) is 0 Å². The van der Waals surface area contributed by atoms with Crippen molar-refractivity contribution in [3.05, 3.63) is 0 Å². The second-order valence-electron chi connectivity index (χ2n) is 3.25. The molecule has 5 N–H and O–H groups in total. The lowest BCUT2D eigenvalue weighted by molar-refractivity contribution is -0.265. The second kappa shape index (κ2) is 5.03. The maximum absolute atomic E-state index is 13.2. The van der Waals surface area contributed by atoms with Gasteiger partial charge in [-0.15, -0.1) is 0 Å². The molecular formula is C6H12FO8P. The zero-order valence-corrected chi connectivity index (χ0v) is 8.77. The summed E-state index contributed by atoms with van der Waals surface area (Å²) in [5.74, 6) is 0. The molecule has 0 bridgehead atoms. The lowest BCUT2D eigenvalue weighted by atomic mass is 10.0. The van der Waals surface area contributed by atoms with E-state index < -0.39 is 45.2 Å². The lowest BCUT2D eigenvalue weighted by Crippen LogP contribution is -2.57. The molecule has 1 rings (SSSR count). The van der Waals surface area contributed by atoms with E-state index >= 15 is 0 Å². The van der Waals surface area contributed by atoms with Crippen LogP contribution in [-0.2, 0) is 13.8 Å². The fourth-order valence-electron chi connectivity index (χ4n) is 1.27. The second-order valence-corrected chi connectivity index (χ2v) is 4.44. The lowest BCUT2D eigenvalue weighted by Gasteiger charge is -2.38. The third-order valence-corrected chi connectivity index (χ3v) is 2.53. The largest absolute Gasteiger partial charge is 0.472 e. The predicted molar refractivity (Wildman–Crippen MR) is 45.8 cm³/mol. The van der Waals surface area contributed by atoms with E-state index in [9.17, 15) is 14.1 Å². The van der Waals surface area contributed by atoms with Crippen molar-refractivity contribution < 1.29 is 43.3 Å². The number of ether oxygens (including phenoxy) is 1. The van der Waals surface area contributed by atoms with Gasteiger partial charge in [-0.1, -0.05) is 0 Å². The van der Waals surface area contributed by atoms with Crippen LogP contribution in [0.4, 0.5) is 4.39 Å². The molecule has 0 spiro atoms. The molecule has 1 fully saturated rings. The summed E-state index contributed by atoms with van der Waals surface area (Å²) in [6, 6.07) is 0. The Labute approximate surface area is 89.5 Å². The highest BCUT2D eigenvalue weighted by molar-refractivity contribution is 7.46. The van der Waals surface area contributed by atoms with Gasteiger partial charge >= 0.3 is 7.82 Å². The number of rotatable bonds is 3. The molecule has 16 heavy (non-hydrogen) atoms. The molecule has 0 aliphatic carbocycles. The number of hydrogen-bond donors (Lipinski definition) is 5. The summed E-state index contributed by atoms with van der Waals surface area (Å²) >= 11 is 0. The number of aliphatic hydroxyl groups excluding tert-OH is 3.